The number of anilines is 1. The molecule has 1 heterocycles. The largest absolute Gasteiger partial charge is 0.416 e. The Morgan fingerprint density at radius 2 is 1.73 bits per heavy atom. The number of piperazine rings is 1. The molecule has 0 atom stereocenters. The van der Waals surface area contributed by atoms with Gasteiger partial charge in [0, 0.05) is 31.9 Å². The molecule has 3 amide bonds. The topological polar surface area (TPSA) is 69.7 Å². The van der Waals surface area contributed by atoms with Crippen molar-refractivity contribution in [3.05, 3.63) is 29.8 Å². The lowest BCUT2D eigenvalue weighted by Gasteiger charge is -2.36. The molecule has 1 aliphatic rings. The highest BCUT2D eigenvalue weighted by atomic mass is 19.4. The molecular weight excluding hydrogens is 351 g/mol. The van der Waals surface area contributed by atoms with Crippen molar-refractivity contribution < 1.29 is 27.6 Å². The third kappa shape index (κ3) is 4.33. The summed E-state index contributed by atoms with van der Waals surface area (Å²) in [5, 5.41) is 2.38. The van der Waals surface area contributed by atoms with E-state index >= 15 is 0 Å². The fourth-order valence-electron chi connectivity index (χ4n) is 2.58. The molecule has 0 radical (unpaired) electrons. The number of rotatable bonds is 4. The van der Waals surface area contributed by atoms with Crippen LogP contribution in [-0.4, -0.2) is 54.2 Å². The molecule has 0 unspecified atom stereocenters. The van der Waals surface area contributed by atoms with Crippen LogP contribution < -0.4 is 5.32 Å². The molecule has 0 aromatic heterocycles. The number of amides is 3. The quantitative estimate of drug-likeness (QED) is 0.650. The van der Waals surface area contributed by atoms with Gasteiger partial charge in [-0.25, -0.2) is 0 Å². The first kappa shape index (κ1) is 19.7. The molecule has 0 bridgehead atoms. The summed E-state index contributed by atoms with van der Waals surface area (Å²) in [6.45, 7) is 4.20. The van der Waals surface area contributed by atoms with Gasteiger partial charge in [-0.15, -0.1) is 0 Å². The third-order valence-corrected chi connectivity index (χ3v) is 4.30. The van der Waals surface area contributed by atoms with Crippen molar-refractivity contribution in [2.24, 2.45) is 5.41 Å². The van der Waals surface area contributed by atoms with Crippen LogP contribution in [0.5, 0.6) is 0 Å². The van der Waals surface area contributed by atoms with Gasteiger partial charge >= 0.3 is 6.18 Å². The van der Waals surface area contributed by atoms with Gasteiger partial charge in [0.15, 0.2) is 0 Å². The molecule has 142 valence electrons. The highest BCUT2D eigenvalue weighted by Crippen LogP contribution is 2.31. The van der Waals surface area contributed by atoms with Gasteiger partial charge in [-0.2, -0.15) is 13.2 Å². The van der Waals surface area contributed by atoms with Gasteiger partial charge in [0.25, 0.3) is 0 Å². The lowest BCUT2D eigenvalue weighted by Crippen LogP contribution is -2.54. The van der Waals surface area contributed by atoms with E-state index in [0.29, 0.717) is 32.6 Å². The molecule has 1 saturated heterocycles. The second-order valence-corrected chi connectivity index (χ2v) is 6.59. The zero-order valence-corrected chi connectivity index (χ0v) is 14.5. The van der Waals surface area contributed by atoms with Crippen molar-refractivity contribution in [2.75, 3.05) is 31.5 Å². The zero-order valence-electron chi connectivity index (χ0n) is 14.5. The molecule has 26 heavy (non-hydrogen) atoms. The van der Waals surface area contributed by atoms with Gasteiger partial charge in [0.1, 0.15) is 5.41 Å². The smallest absolute Gasteiger partial charge is 0.342 e. The van der Waals surface area contributed by atoms with Crippen molar-refractivity contribution in [1.82, 2.24) is 9.80 Å². The minimum Gasteiger partial charge on any atom is -0.342 e. The molecule has 0 saturated carbocycles. The van der Waals surface area contributed by atoms with E-state index < -0.39 is 29.0 Å². The number of halogens is 3. The van der Waals surface area contributed by atoms with Crippen LogP contribution in [0.25, 0.3) is 0 Å². The van der Waals surface area contributed by atoms with Crippen LogP contribution in [0.4, 0.5) is 18.9 Å². The number of hydrogen-bond acceptors (Lipinski definition) is 3. The number of nitrogens with zero attached hydrogens (tertiary/aromatic N) is 2. The second kappa shape index (κ2) is 7.35. The third-order valence-electron chi connectivity index (χ3n) is 4.30. The Balaban J connectivity index is 2.08. The Morgan fingerprint density at radius 3 is 2.27 bits per heavy atom. The van der Waals surface area contributed by atoms with Crippen LogP contribution in [0, 0.1) is 5.41 Å². The molecular formula is C17H20F3N3O3. The predicted octanol–water partition coefficient (Wildman–Crippen LogP) is 1.97. The average Bonchev–Trinajstić information content (AvgIpc) is 2.60. The van der Waals surface area contributed by atoms with E-state index in [0.717, 1.165) is 12.1 Å². The van der Waals surface area contributed by atoms with E-state index in [9.17, 15) is 27.6 Å². The average molecular weight is 371 g/mol. The van der Waals surface area contributed by atoms with Gasteiger partial charge < -0.3 is 15.1 Å². The molecule has 1 aromatic rings. The Labute approximate surface area is 148 Å². The Hall–Kier alpha value is -2.58. The summed E-state index contributed by atoms with van der Waals surface area (Å²) >= 11 is 0. The lowest BCUT2D eigenvalue weighted by atomic mass is 9.89. The molecule has 2 rings (SSSR count). The Bertz CT molecular complexity index is 696. The summed E-state index contributed by atoms with van der Waals surface area (Å²) in [5.41, 5.74) is -2.38. The standard InChI is InChI=1S/C17H20F3N3O3/c1-16(2,15(26)23-8-6-22(11-24)7-9-23)14(25)21-13-5-3-4-12(10-13)17(18,19)20/h3-5,10-11H,6-9H2,1-2H3,(H,21,25). The van der Waals surface area contributed by atoms with Gasteiger partial charge in [0.2, 0.25) is 18.2 Å². The van der Waals surface area contributed by atoms with Crippen molar-refractivity contribution in [1.29, 1.82) is 0 Å². The number of carbonyl (C=O) groups excluding carboxylic acids is 3. The lowest BCUT2D eigenvalue weighted by molar-refractivity contribution is -0.148. The second-order valence-electron chi connectivity index (χ2n) is 6.59. The van der Waals surface area contributed by atoms with E-state index in [2.05, 4.69) is 5.32 Å². The van der Waals surface area contributed by atoms with Gasteiger partial charge in [-0.3, -0.25) is 14.4 Å². The molecule has 1 aliphatic heterocycles. The van der Waals surface area contributed by atoms with Crippen LogP contribution in [0.15, 0.2) is 24.3 Å². The number of hydrogen-bond donors (Lipinski definition) is 1. The molecule has 0 spiro atoms. The zero-order chi connectivity index (χ0) is 19.5. The predicted molar refractivity (Wildman–Crippen MR) is 88.1 cm³/mol. The summed E-state index contributed by atoms with van der Waals surface area (Å²) in [6.07, 6.45) is -3.82. The van der Waals surface area contributed by atoms with Gasteiger partial charge in [-0.05, 0) is 32.0 Å². The highest BCUT2D eigenvalue weighted by Gasteiger charge is 2.40. The number of alkyl halides is 3. The molecule has 0 aliphatic carbocycles. The monoisotopic (exact) mass is 371 g/mol. The molecule has 1 aromatic carbocycles. The van der Waals surface area contributed by atoms with E-state index in [1.165, 1.54) is 35.8 Å². The first-order valence-corrected chi connectivity index (χ1v) is 8.03. The van der Waals surface area contributed by atoms with Crippen LogP contribution in [0.3, 0.4) is 0 Å². The number of carbonyl (C=O) groups is 3. The molecule has 9 heteroatoms. The van der Waals surface area contributed by atoms with Crippen molar-refractivity contribution in [2.45, 2.75) is 20.0 Å². The maximum atomic E-state index is 12.8. The Morgan fingerprint density at radius 1 is 1.12 bits per heavy atom. The van der Waals surface area contributed by atoms with Gasteiger partial charge in [0.05, 0.1) is 5.56 Å². The summed E-state index contributed by atoms with van der Waals surface area (Å²) in [5.74, 6) is -1.13. The van der Waals surface area contributed by atoms with E-state index in [1.54, 1.807) is 0 Å². The number of benzene rings is 1. The first-order valence-electron chi connectivity index (χ1n) is 8.03. The van der Waals surface area contributed by atoms with Crippen molar-refractivity contribution >= 4 is 23.9 Å². The highest BCUT2D eigenvalue weighted by molar-refractivity contribution is 6.09. The molecule has 1 fully saturated rings. The van der Waals surface area contributed by atoms with Crippen LogP contribution in [0.2, 0.25) is 0 Å². The molecule has 1 N–H and O–H groups in total. The van der Waals surface area contributed by atoms with Crippen molar-refractivity contribution in [3.63, 3.8) is 0 Å². The minimum atomic E-state index is -4.52. The first-order chi connectivity index (χ1) is 12.1. The fraction of sp³-hybridized carbons (Fsp3) is 0.471. The fourth-order valence-corrected chi connectivity index (χ4v) is 2.58. The minimum absolute atomic E-state index is 0.0310. The van der Waals surface area contributed by atoms with E-state index in [1.807, 2.05) is 0 Å². The van der Waals surface area contributed by atoms with Crippen LogP contribution >= 0.6 is 0 Å². The summed E-state index contributed by atoms with van der Waals surface area (Å²) in [6, 6.07) is 4.24. The van der Waals surface area contributed by atoms with Gasteiger partial charge in [-0.1, -0.05) is 6.07 Å². The van der Waals surface area contributed by atoms with Crippen LogP contribution in [0.1, 0.15) is 19.4 Å². The summed E-state index contributed by atoms with van der Waals surface area (Å²) < 4.78 is 38.3. The van der Waals surface area contributed by atoms with Crippen LogP contribution in [-0.2, 0) is 20.6 Å². The van der Waals surface area contributed by atoms with E-state index in [-0.39, 0.29) is 5.69 Å². The van der Waals surface area contributed by atoms with E-state index in [4.69, 9.17) is 0 Å². The maximum Gasteiger partial charge on any atom is 0.416 e. The maximum absolute atomic E-state index is 12.8. The van der Waals surface area contributed by atoms with Crippen molar-refractivity contribution in [3.8, 4) is 0 Å². The normalized spacial score (nSPS) is 15.6. The summed E-state index contributed by atoms with van der Waals surface area (Å²) in [4.78, 5) is 38.9. The summed E-state index contributed by atoms with van der Waals surface area (Å²) in [7, 11) is 0. The molecule has 6 nitrogen and oxygen atoms in total. The Kier molecular flexibility index (Phi) is 5.58. The number of nitrogens with one attached hydrogen (secondary N) is 1. The SMILES string of the molecule is CC(C)(C(=O)Nc1cccc(C(F)(F)F)c1)C(=O)N1CCN(C=O)CC1.